The van der Waals surface area contributed by atoms with Gasteiger partial charge in [0.1, 0.15) is 11.5 Å². The van der Waals surface area contributed by atoms with Crippen molar-refractivity contribution in [1.82, 2.24) is 9.55 Å². The van der Waals surface area contributed by atoms with Crippen LogP contribution in [0.15, 0.2) is 85.2 Å². The van der Waals surface area contributed by atoms with Crippen LogP contribution in [-0.2, 0) is 6.54 Å². The predicted octanol–water partition coefficient (Wildman–Crippen LogP) is 5.83. The molecular weight excluding hydrogens is 398 g/mol. The molecule has 2 aromatic heterocycles. The molecule has 0 bridgehead atoms. The molecule has 0 amide bonds. The smallest absolute Gasteiger partial charge is 0.127 e. The van der Waals surface area contributed by atoms with Gasteiger partial charge in [-0.3, -0.25) is 4.98 Å². The van der Waals surface area contributed by atoms with E-state index in [1.807, 2.05) is 60.8 Å². The van der Waals surface area contributed by atoms with E-state index in [0.717, 1.165) is 34.8 Å². The van der Waals surface area contributed by atoms with Gasteiger partial charge in [-0.1, -0.05) is 30.3 Å². The highest BCUT2D eigenvalue weighted by Crippen LogP contribution is 2.28. The lowest BCUT2D eigenvalue weighted by molar-refractivity contribution is 0.390. The van der Waals surface area contributed by atoms with E-state index >= 15 is 0 Å². The summed E-state index contributed by atoms with van der Waals surface area (Å²) < 4.78 is 12.9. The van der Waals surface area contributed by atoms with Crippen molar-refractivity contribution in [2.24, 2.45) is 0 Å². The maximum atomic E-state index is 5.89. The summed E-state index contributed by atoms with van der Waals surface area (Å²) in [5, 5.41) is 3.58. The van der Waals surface area contributed by atoms with Gasteiger partial charge in [0, 0.05) is 46.2 Å². The van der Waals surface area contributed by atoms with Crippen LogP contribution in [0.1, 0.15) is 11.3 Å². The van der Waals surface area contributed by atoms with Gasteiger partial charge in [-0.25, -0.2) is 0 Å². The van der Waals surface area contributed by atoms with E-state index in [1.165, 1.54) is 21.9 Å². The second-order valence-electron chi connectivity index (χ2n) is 7.56. The number of rotatable bonds is 4. The molecule has 0 aliphatic carbocycles. The molecule has 32 heavy (non-hydrogen) atoms. The fourth-order valence-corrected chi connectivity index (χ4v) is 3.77. The normalized spacial score (nSPS) is 10.6. The quantitative estimate of drug-likeness (QED) is 0.368. The van der Waals surface area contributed by atoms with Crippen molar-refractivity contribution < 1.29 is 9.47 Å². The van der Waals surface area contributed by atoms with Crippen molar-refractivity contribution in [2.45, 2.75) is 13.5 Å². The van der Waals surface area contributed by atoms with Crippen LogP contribution in [0.25, 0.3) is 21.7 Å². The summed E-state index contributed by atoms with van der Waals surface area (Å²) in [5.74, 6) is 1.62. The zero-order valence-corrected chi connectivity index (χ0v) is 18.6. The standard InChI is InChI=1S/C18H20N2O2.C9H7N/c1-12-17-8-15(19)6-4-13(17)10-20(12)11-14-5-7-16(21-2)9-18(14)22-3;1-2-6-9-8(4-1)5-3-7-10-9/h4-10H,11,19H2,1-3H3;1-7H. The number of ether oxygens (including phenoxy) is 2. The minimum atomic E-state index is 0.744. The van der Waals surface area contributed by atoms with Crippen LogP contribution in [-0.4, -0.2) is 23.8 Å². The molecule has 0 saturated carbocycles. The number of hydrogen-bond donors (Lipinski definition) is 1. The largest absolute Gasteiger partial charge is 0.497 e. The number of aromatic nitrogens is 2. The topological polar surface area (TPSA) is 62.3 Å². The van der Waals surface area contributed by atoms with E-state index < -0.39 is 0 Å². The molecule has 0 saturated heterocycles. The predicted molar refractivity (Wildman–Crippen MR) is 131 cm³/mol. The molecule has 2 heterocycles. The Morgan fingerprint density at radius 3 is 2.47 bits per heavy atom. The van der Waals surface area contributed by atoms with Crippen molar-refractivity contribution >= 4 is 27.4 Å². The molecule has 5 rings (SSSR count). The molecule has 5 heteroatoms. The molecule has 0 radical (unpaired) electrons. The Morgan fingerprint density at radius 1 is 0.875 bits per heavy atom. The van der Waals surface area contributed by atoms with Crippen molar-refractivity contribution in [3.8, 4) is 11.5 Å². The van der Waals surface area contributed by atoms with E-state index in [2.05, 4.69) is 40.9 Å². The molecule has 0 fully saturated rings. The number of nitrogens with two attached hydrogens (primary N) is 1. The number of hydrogen-bond acceptors (Lipinski definition) is 4. The van der Waals surface area contributed by atoms with Gasteiger partial charge in [0.05, 0.1) is 26.3 Å². The molecule has 0 aliphatic heterocycles. The monoisotopic (exact) mass is 425 g/mol. The van der Waals surface area contributed by atoms with Gasteiger partial charge in [0.2, 0.25) is 0 Å². The summed E-state index contributed by atoms with van der Waals surface area (Å²) in [5.41, 5.74) is 10.0. The minimum absolute atomic E-state index is 0.744. The fourth-order valence-electron chi connectivity index (χ4n) is 3.77. The van der Waals surface area contributed by atoms with Gasteiger partial charge < -0.3 is 19.8 Å². The number of benzene rings is 3. The first-order valence-corrected chi connectivity index (χ1v) is 10.4. The SMILES string of the molecule is COc1ccc(Cn2cc3ccc(N)cc3c2C)c(OC)c1.c1ccc2ncccc2c1. The Morgan fingerprint density at radius 2 is 1.69 bits per heavy atom. The first kappa shape index (κ1) is 21.2. The van der Waals surface area contributed by atoms with Crippen LogP contribution in [0.2, 0.25) is 0 Å². The van der Waals surface area contributed by atoms with E-state index in [9.17, 15) is 0 Å². The summed E-state index contributed by atoms with van der Waals surface area (Å²) in [4.78, 5) is 4.18. The Kier molecular flexibility index (Phi) is 6.26. The van der Waals surface area contributed by atoms with Crippen LogP contribution in [0.3, 0.4) is 0 Å². The zero-order valence-electron chi connectivity index (χ0n) is 18.6. The number of anilines is 1. The molecule has 0 spiro atoms. The van der Waals surface area contributed by atoms with Crippen LogP contribution in [0, 0.1) is 6.92 Å². The summed E-state index contributed by atoms with van der Waals surface area (Å²) in [7, 11) is 3.33. The highest BCUT2D eigenvalue weighted by molar-refractivity contribution is 5.88. The minimum Gasteiger partial charge on any atom is -0.497 e. The Bertz CT molecular complexity index is 1290. The number of methoxy groups -OCH3 is 2. The Hall–Kier alpha value is -3.99. The van der Waals surface area contributed by atoms with Gasteiger partial charge in [0.25, 0.3) is 0 Å². The highest BCUT2D eigenvalue weighted by atomic mass is 16.5. The van der Waals surface area contributed by atoms with Crippen molar-refractivity contribution in [3.63, 3.8) is 0 Å². The van der Waals surface area contributed by atoms with Crippen molar-refractivity contribution in [2.75, 3.05) is 20.0 Å². The van der Waals surface area contributed by atoms with Gasteiger partial charge in [-0.15, -0.1) is 0 Å². The Balaban J connectivity index is 0.000000203. The van der Waals surface area contributed by atoms with E-state index in [-0.39, 0.29) is 0 Å². The molecular formula is C27H27N3O2. The fraction of sp³-hybridized carbons (Fsp3) is 0.148. The number of aryl methyl sites for hydroxylation is 1. The van der Waals surface area contributed by atoms with Gasteiger partial charge in [-0.2, -0.15) is 0 Å². The number of para-hydroxylation sites is 1. The van der Waals surface area contributed by atoms with E-state index in [4.69, 9.17) is 15.2 Å². The third kappa shape index (κ3) is 4.52. The summed E-state index contributed by atoms with van der Waals surface area (Å²) in [6, 6.07) is 24.0. The molecule has 0 aliphatic rings. The highest BCUT2D eigenvalue weighted by Gasteiger charge is 2.10. The number of fused-ring (bicyclic) bond motifs is 2. The third-order valence-corrected chi connectivity index (χ3v) is 5.54. The number of nitrogens with zero attached hydrogens (tertiary/aromatic N) is 2. The molecule has 0 unspecified atom stereocenters. The maximum absolute atomic E-state index is 5.89. The van der Waals surface area contributed by atoms with Crippen LogP contribution >= 0.6 is 0 Å². The first-order chi connectivity index (χ1) is 15.6. The molecule has 5 aromatic rings. The number of nitrogen functional groups attached to an aromatic ring is 1. The van der Waals surface area contributed by atoms with Crippen molar-refractivity contribution in [3.05, 3.63) is 96.4 Å². The average Bonchev–Trinajstić information content (AvgIpc) is 3.14. The number of pyridine rings is 1. The van der Waals surface area contributed by atoms with Gasteiger partial charge >= 0.3 is 0 Å². The lowest BCUT2D eigenvalue weighted by atomic mass is 10.1. The molecule has 162 valence electrons. The lowest BCUT2D eigenvalue weighted by Crippen LogP contribution is -2.02. The molecule has 3 aromatic carbocycles. The Labute approximate surface area is 188 Å². The van der Waals surface area contributed by atoms with Crippen molar-refractivity contribution in [1.29, 1.82) is 0 Å². The summed E-state index contributed by atoms with van der Waals surface area (Å²) >= 11 is 0. The van der Waals surface area contributed by atoms with Crippen LogP contribution in [0.4, 0.5) is 5.69 Å². The summed E-state index contributed by atoms with van der Waals surface area (Å²) in [6.45, 7) is 2.85. The van der Waals surface area contributed by atoms with E-state index in [1.54, 1.807) is 14.2 Å². The van der Waals surface area contributed by atoms with Gasteiger partial charge in [-0.05, 0) is 48.7 Å². The second-order valence-corrected chi connectivity index (χ2v) is 7.56. The molecule has 0 atom stereocenters. The zero-order chi connectivity index (χ0) is 22.5. The second kappa shape index (κ2) is 9.43. The maximum Gasteiger partial charge on any atom is 0.127 e. The first-order valence-electron chi connectivity index (χ1n) is 10.4. The van der Waals surface area contributed by atoms with Crippen LogP contribution in [0.5, 0.6) is 11.5 Å². The average molecular weight is 426 g/mol. The van der Waals surface area contributed by atoms with Gasteiger partial charge in [0.15, 0.2) is 0 Å². The van der Waals surface area contributed by atoms with E-state index in [0.29, 0.717) is 0 Å². The molecule has 5 nitrogen and oxygen atoms in total. The third-order valence-electron chi connectivity index (χ3n) is 5.54. The van der Waals surface area contributed by atoms with Crippen LogP contribution < -0.4 is 15.2 Å². The summed E-state index contributed by atoms with van der Waals surface area (Å²) in [6.07, 6.45) is 3.95. The lowest BCUT2D eigenvalue weighted by Gasteiger charge is -2.12. The molecule has 2 N–H and O–H groups in total.